The van der Waals surface area contributed by atoms with Gasteiger partial charge in [-0.3, -0.25) is 9.69 Å². The van der Waals surface area contributed by atoms with Crippen LogP contribution in [0.2, 0.25) is 5.02 Å². The van der Waals surface area contributed by atoms with Gasteiger partial charge in [-0.05, 0) is 62.7 Å². The van der Waals surface area contributed by atoms with Crippen LogP contribution in [0, 0.1) is 12.8 Å². The van der Waals surface area contributed by atoms with Gasteiger partial charge in [0.15, 0.2) is 0 Å². The number of hydrogen-bond acceptors (Lipinski definition) is 6. The molecule has 8 heteroatoms. The van der Waals surface area contributed by atoms with Crippen LogP contribution in [-0.2, 0) is 11.3 Å². The quantitative estimate of drug-likeness (QED) is 0.332. The van der Waals surface area contributed by atoms with Gasteiger partial charge in [-0.15, -0.1) is 11.8 Å². The Balaban J connectivity index is 1.20. The number of aryl methyl sites for hydroxylation is 1. The summed E-state index contributed by atoms with van der Waals surface area (Å²) >= 11 is 8.06. The molecule has 1 amide bonds. The van der Waals surface area contributed by atoms with Gasteiger partial charge in [-0.25, -0.2) is 0 Å². The summed E-state index contributed by atoms with van der Waals surface area (Å²) in [4.78, 5) is 20.7. The minimum Gasteiger partial charge on any atom is -0.356 e. The number of rotatable bonds is 9. The summed E-state index contributed by atoms with van der Waals surface area (Å²) in [5, 5.41) is 7.79. The maximum absolute atomic E-state index is 12.7. The van der Waals surface area contributed by atoms with Gasteiger partial charge in [0, 0.05) is 23.5 Å². The summed E-state index contributed by atoms with van der Waals surface area (Å²) in [6.07, 6.45) is 2.84. The Labute approximate surface area is 204 Å². The number of carbonyl (C=O) groups excluding carboxylic acids is 1. The third-order valence-corrected chi connectivity index (χ3v) is 7.16. The van der Waals surface area contributed by atoms with E-state index in [4.69, 9.17) is 16.1 Å². The Kier molecular flexibility index (Phi) is 8.42. The number of halogens is 1. The number of thioether (sulfide) groups is 1. The van der Waals surface area contributed by atoms with E-state index in [2.05, 4.69) is 51.5 Å². The van der Waals surface area contributed by atoms with E-state index in [1.54, 1.807) is 0 Å². The average molecular weight is 485 g/mol. The van der Waals surface area contributed by atoms with Crippen LogP contribution >= 0.6 is 23.4 Å². The van der Waals surface area contributed by atoms with E-state index >= 15 is 0 Å². The maximum atomic E-state index is 12.7. The largest absolute Gasteiger partial charge is 0.356 e. The van der Waals surface area contributed by atoms with E-state index in [-0.39, 0.29) is 11.8 Å². The molecule has 33 heavy (non-hydrogen) atoms. The highest BCUT2D eigenvalue weighted by Crippen LogP contribution is 2.26. The minimum atomic E-state index is -0.00513. The average Bonchev–Trinajstić information content (AvgIpc) is 3.28. The molecule has 1 aromatic heterocycles. The van der Waals surface area contributed by atoms with Crippen molar-refractivity contribution in [2.45, 2.75) is 37.6 Å². The van der Waals surface area contributed by atoms with Crippen LogP contribution in [0.15, 0.2) is 57.9 Å². The van der Waals surface area contributed by atoms with Crippen LogP contribution < -0.4 is 5.32 Å². The summed E-state index contributed by atoms with van der Waals surface area (Å²) in [5.74, 6) is 2.16. The lowest BCUT2D eigenvalue weighted by Gasteiger charge is -2.30. The Morgan fingerprint density at radius 3 is 2.88 bits per heavy atom. The molecule has 6 nitrogen and oxygen atoms in total. The predicted octanol–water partition coefficient (Wildman–Crippen LogP) is 5.21. The lowest BCUT2D eigenvalue weighted by Crippen LogP contribution is -2.43. The van der Waals surface area contributed by atoms with E-state index < -0.39 is 0 Å². The monoisotopic (exact) mass is 484 g/mol. The van der Waals surface area contributed by atoms with E-state index in [0.717, 1.165) is 37.1 Å². The number of aromatic nitrogens is 2. The van der Waals surface area contributed by atoms with Crippen LogP contribution in [0.4, 0.5) is 0 Å². The summed E-state index contributed by atoms with van der Waals surface area (Å²) in [6, 6.07) is 16.0. The molecule has 1 aliphatic heterocycles. The molecule has 0 aliphatic carbocycles. The standard InChI is InChI=1S/C25H29ClN4O2S/c1-18-9-11-20(12-10-18)33-15-5-13-27-25(31)19-6-4-14-30(16-19)17-23-28-24(29-32-23)21-7-2-3-8-22(21)26/h2-3,7-12,19H,4-6,13-17H2,1H3,(H,27,31). The number of nitrogens with zero attached hydrogens (tertiary/aromatic N) is 3. The molecule has 0 saturated carbocycles. The zero-order valence-corrected chi connectivity index (χ0v) is 20.4. The van der Waals surface area contributed by atoms with Crippen molar-refractivity contribution in [3.8, 4) is 11.4 Å². The predicted molar refractivity (Wildman–Crippen MR) is 132 cm³/mol. The first-order chi connectivity index (χ1) is 16.1. The molecule has 1 saturated heterocycles. The lowest BCUT2D eigenvalue weighted by atomic mass is 9.97. The number of nitrogens with one attached hydrogen (secondary N) is 1. The summed E-state index contributed by atoms with van der Waals surface area (Å²) in [7, 11) is 0. The molecule has 1 unspecified atom stereocenters. The lowest BCUT2D eigenvalue weighted by molar-refractivity contribution is -0.126. The van der Waals surface area contributed by atoms with Crippen LogP contribution in [-0.4, -0.2) is 46.3 Å². The third kappa shape index (κ3) is 6.82. The number of amides is 1. The number of likely N-dealkylation sites (tertiary alicyclic amines) is 1. The first-order valence-electron chi connectivity index (χ1n) is 11.4. The maximum Gasteiger partial charge on any atom is 0.241 e. The van der Waals surface area contributed by atoms with Crippen LogP contribution in [0.1, 0.15) is 30.7 Å². The van der Waals surface area contributed by atoms with E-state index in [0.29, 0.717) is 36.4 Å². The molecule has 3 aromatic rings. The molecule has 0 radical (unpaired) electrons. The normalized spacial score (nSPS) is 16.6. The Morgan fingerprint density at radius 2 is 2.06 bits per heavy atom. The fourth-order valence-electron chi connectivity index (χ4n) is 3.93. The van der Waals surface area contributed by atoms with Crippen molar-refractivity contribution in [2.24, 2.45) is 5.92 Å². The van der Waals surface area contributed by atoms with Gasteiger partial charge < -0.3 is 9.84 Å². The topological polar surface area (TPSA) is 71.3 Å². The van der Waals surface area contributed by atoms with Crippen molar-refractivity contribution in [1.82, 2.24) is 20.4 Å². The molecule has 2 heterocycles. The van der Waals surface area contributed by atoms with Gasteiger partial charge in [0.2, 0.25) is 17.6 Å². The van der Waals surface area contributed by atoms with Crippen LogP contribution in [0.25, 0.3) is 11.4 Å². The van der Waals surface area contributed by atoms with Crippen LogP contribution in [0.5, 0.6) is 0 Å². The van der Waals surface area contributed by atoms with Crippen molar-refractivity contribution in [2.75, 3.05) is 25.4 Å². The second-order valence-corrected chi connectivity index (χ2v) is 9.95. The molecule has 4 rings (SSSR count). The van der Waals surface area contributed by atoms with E-state index in [1.807, 2.05) is 36.0 Å². The van der Waals surface area contributed by atoms with Gasteiger partial charge in [-0.2, -0.15) is 4.98 Å². The molecule has 2 aromatic carbocycles. The number of carbonyl (C=O) groups is 1. The summed E-state index contributed by atoms with van der Waals surface area (Å²) in [5.41, 5.74) is 2.03. The van der Waals surface area contributed by atoms with Crippen molar-refractivity contribution in [3.05, 3.63) is 65.0 Å². The van der Waals surface area contributed by atoms with Crippen molar-refractivity contribution in [1.29, 1.82) is 0 Å². The highest BCUT2D eigenvalue weighted by atomic mass is 35.5. The Hall–Kier alpha value is -2.35. The fraction of sp³-hybridized carbons (Fsp3) is 0.400. The number of benzene rings is 2. The molecular formula is C25H29ClN4O2S. The molecule has 1 N–H and O–H groups in total. The SMILES string of the molecule is Cc1ccc(SCCCNC(=O)C2CCCN(Cc3nc(-c4ccccc4Cl)no3)C2)cc1. The second kappa shape index (κ2) is 11.7. The first kappa shape index (κ1) is 23.8. The first-order valence-corrected chi connectivity index (χ1v) is 12.7. The molecule has 1 aliphatic rings. The Morgan fingerprint density at radius 1 is 1.24 bits per heavy atom. The van der Waals surface area contributed by atoms with E-state index in [1.165, 1.54) is 10.5 Å². The zero-order chi connectivity index (χ0) is 23.0. The van der Waals surface area contributed by atoms with Crippen molar-refractivity contribution in [3.63, 3.8) is 0 Å². The molecule has 1 fully saturated rings. The minimum absolute atomic E-state index is 0.00513. The van der Waals surface area contributed by atoms with Crippen molar-refractivity contribution >= 4 is 29.3 Å². The third-order valence-electron chi connectivity index (χ3n) is 5.73. The van der Waals surface area contributed by atoms with Gasteiger partial charge in [0.1, 0.15) is 0 Å². The smallest absolute Gasteiger partial charge is 0.241 e. The number of piperidine rings is 1. The van der Waals surface area contributed by atoms with Gasteiger partial charge in [0.25, 0.3) is 0 Å². The Bertz CT molecular complexity index is 1060. The van der Waals surface area contributed by atoms with Gasteiger partial charge >= 0.3 is 0 Å². The molecule has 0 spiro atoms. The highest BCUT2D eigenvalue weighted by molar-refractivity contribution is 7.99. The molecule has 0 bridgehead atoms. The number of hydrogen-bond donors (Lipinski definition) is 1. The van der Waals surface area contributed by atoms with Gasteiger partial charge in [0.05, 0.1) is 17.5 Å². The fourth-order valence-corrected chi connectivity index (χ4v) is 5.00. The van der Waals surface area contributed by atoms with E-state index in [9.17, 15) is 4.79 Å². The summed E-state index contributed by atoms with van der Waals surface area (Å²) in [6.45, 7) is 4.96. The van der Waals surface area contributed by atoms with Crippen molar-refractivity contribution < 1.29 is 9.32 Å². The molecular weight excluding hydrogens is 456 g/mol. The van der Waals surface area contributed by atoms with Crippen LogP contribution in [0.3, 0.4) is 0 Å². The van der Waals surface area contributed by atoms with Gasteiger partial charge in [-0.1, -0.05) is 46.6 Å². The molecule has 1 atom stereocenters. The highest BCUT2D eigenvalue weighted by Gasteiger charge is 2.26. The second-order valence-electron chi connectivity index (χ2n) is 8.37. The molecule has 174 valence electrons. The zero-order valence-electron chi connectivity index (χ0n) is 18.8. The summed E-state index contributed by atoms with van der Waals surface area (Å²) < 4.78 is 5.44.